The van der Waals surface area contributed by atoms with Gasteiger partial charge in [-0.2, -0.15) is 0 Å². The minimum Gasteiger partial charge on any atom is -0.465 e. The molecule has 0 spiro atoms. The van der Waals surface area contributed by atoms with E-state index in [-0.39, 0.29) is 5.97 Å². The predicted molar refractivity (Wildman–Crippen MR) is 120 cm³/mol. The second-order valence-corrected chi connectivity index (χ2v) is 8.27. The van der Waals surface area contributed by atoms with Crippen LogP contribution in [0.2, 0.25) is 0 Å². The molecule has 1 aromatic heterocycles. The first-order valence-corrected chi connectivity index (χ1v) is 10.5. The molecule has 1 aromatic carbocycles. The average Bonchev–Trinajstić information content (AvgIpc) is 3.08. The Hall–Kier alpha value is -2.22. The van der Waals surface area contributed by atoms with Crippen LogP contribution in [-0.2, 0) is 4.74 Å². The smallest absolute Gasteiger partial charge is 0.340 e. The largest absolute Gasteiger partial charge is 0.465 e. The Bertz CT molecular complexity index is 841. The maximum absolute atomic E-state index is 11.9. The van der Waals surface area contributed by atoms with Crippen LogP contribution in [0, 0.1) is 6.92 Å². The molecule has 0 radical (unpaired) electrons. The molecule has 0 bridgehead atoms. The van der Waals surface area contributed by atoms with Crippen LogP contribution in [0.3, 0.4) is 0 Å². The third-order valence-corrected chi connectivity index (χ3v) is 5.94. The van der Waals surface area contributed by atoms with Crippen molar-refractivity contribution in [2.24, 2.45) is 0 Å². The van der Waals surface area contributed by atoms with Gasteiger partial charge in [-0.05, 0) is 30.8 Å². The number of hydrogen-bond acceptors (Lipinski definition) is 5. The number of piperazine rings is 1. The van der Waals surface area contributed by atoms with Gasteiger partial charge in [-0.15, -0.1) is 11.3 Å². The zero-order valence-corrected chi connectivity index (χ0v) is 17.8. The van der Waals surface area contributed by atoms with E-state index in [1.165, 1.54) is 24.0 Å². The van der Waals surface area contributed by atoms with Gasteiger partial charge in [-0.1, -0.05) is 42.5 Å². The molecule has 5 nitrogen and oxygen atoms in total. The summed E-state index contributed by atoms with van der Waals surface area (Å²) in [5, 5.41) is 4.65. The van der Waals surface area contributed by atoms with Crippen molar-refractivity contribution >= 4 is 45.7 Å². The fraction of sp³-hybridized carbons (Fsp3) is 0.333. The fourth-order valence-corrected chi connectivity index (χ4v) is 4.33. The van der Waals surface area contributed by atoms with Crippen LogP contribution in [0.25, 0.3) is 6.08 Å². The molecule has 2 aromatic rings. The van der Waals surface area contributed by atoms with Gasteiger partial charge in [0, 0.05) is 37.6 Å². The third-order valence-electron chi connectivity index (χ3n) is 4.61. The van der Waals surface area contributed by atoms with Crippen molar-refractivity contribution in [1.29, 1.82) is 0 Å². The first-order valence-electron chi connectivity index (χ1n) is 9.25. The second kappa shape index (κ2) is 9.82. The van der Waals surface area contributed by atoms with E-state index in [0.29, 0.717) is 10.7 Å². The molecule has 2 heterocycles. The highest BCUT2D eigenvalue weighted by Crippen LogP contribution is 2.28. The molecule has 1 saturated heterocycles. The lowest BCUT2D eigenvalue weighted by Crippen LogP contribution is -2.49. The molecule has 1 aliphatic rings. The second-order valence-electron chi connectivity index (χ2n) is 6.62. The van der Waals surface area contributed by atoms with E-state index >= 15 is 0 Å². The van der Waals surface area contributed by atoms with Crippen LogP contribution in [0.4, 0.5) is 5.00 Å². The molecule has 0 unspecified atom stereocenters. The summed E-state index contributed by atoms with van der Waals surface area (Å²) >= 11 is 7.09. The number of esters is 1. The summed E-state index contributed by atoms with van der Waals surface area (Å²) in [5.41, 5.74) is 1.76. The van der Waals surface area contributed by atoms with Crippen LogP contribution in [-0.4, -0.2) is 60.7 Å². The van der Waals surface area contributed by atoms with E-state index < -0.39 is 0 Å². The number of carbonyl (C=O) groups is 1. The van der Waals surface area contributed by atoms with E-state index in [1.54, 1.807) is 0 Å². The van der Waals surface area contributed by atoms with Gasteiger partial charge in [0.05, 0.1) is 12.7 Å². The quantitative estimate of drug-likeness (QED) is 0.591. The van der Waals surface area contributed by atoms with Gasteiger partial charge in [-0.3, -0.25) is 4.90 Å². The Morgan fingerprint density at radius 1 is 1.25 bits per heavy atom. The number of rotatable bonds is 5. The topological polar surface area (TPSA) is 44.8 Å². The van der Waals surface area contributed by atoms with Crippen LogP contribution in [0.1, 0.15) is 20.8 Å². The van der Waals surface area contributed by atoms with Crippen molar-refractivity contribution in [2.45, 2.75) is 6.92 Å². The minimum absolute atomic E-state index is 0.343. The number of methoxy groups -OCH3 is 1. The summed E-state index contributed by atoms with van der Waals surface area (Å²) < 4.78 is 4.86. The number of carbonyl (C=O) groups excluding carboxylic acids is 1. The van der Waals surface area contributed by atoms with Crippen molar-refractivity contribution in [3.63, 3.8) is 0 Å². The number of ether oxygens (including phenoxy) is 1. The molecular weight excluding hydrogens is 390 g/mol. The van der Waals surface area contributed by atoms with Gasteiger partial charge in [0.15, 0.2) is 5.11 Å². The number of nitrogens with zero attached hydrogens (tertiary/aromatic N) is 2. The van der Waals surface area contributed by atoms with E-state index in [0.717, 1.165) is 42.6 Å². The van der Waals surface area contributed by atoms with E-state index in [4.69, 9.17) is 17.0 Å². The summed E-state index contributed by atoms with van der Waals surface area (Å²) in [6.07, 6.45) is 4.37. The summed E-state index contributed by atoms with van der Waals surface area (Å²) in [6, 6.07) is 12.2. The molecule has 7 heteroatoms. The van der Waals surface area contributed by atoms with Gasteiger partial charge in [0.25, 0.3) is 0 Å². The Morgan fingerprint density at radius 2 is 1.96 bits per heavy atom. The Balaban J connectivity index is 1.49. The van der Waals surface area contributed by atoms with Crippen molar-refractivity contribution in [3.8, 4) is 0 Å². The number of anilines is 1. The van der Waals surface area contributed by atoms with E-state index in [9.17, 15) is 4.79 Å². The van der Waals surface area contributed by atoms with E-state index in [1.807, 2.05) is 31.2 Å². The molecule has 3 rings (SSSR count). The lowest BCUT2D eigenvalue weighted by molar-refractivity contribution is 0.0602. The molecular formula is C21H25N3O2S2. The molecule has 0 aliphatic carbocycles. The van der Waals surface area contributed by atoms with Crippen molar-refractivity contribution in [2.75, 3.05) is 45.2 Å². The van der Waals surface area contributed by atoms with Gasteiger partial charge in [0.1, 0.15) is 5.00 Å². The Labute approximate surface area is 175 Å². The summed E-state index contributed by atoms with van der Waals surface area (Å²) in [6.45, 7) is 6.53. The molecule has 1 fully saturated rings. The standard InChI is InChI=1S/C21H25N3O2S2/c1-16-15-18(20(25)26-2)19(28-16)22-21(27)24-13-11-23(12-14-24)10-6-9-17-7-4-3-5-8-17/h3-9,15H,10-14H2,1-2H3,(H,22,27). The third kappa shape index (κ3) is 5.41. The highest BCUT2D eigenvalue weighted by atomic mass is 32.1. The van der Waals surface area contributed by atoms with Crippen LogP contribution < -0.4 is 5.32 Å². The summed E-state index contributed by atoms with van der Waals surface area (Å²) in [7, 11) is 1.39. The zero-order chi connectivity index (χ0) is 19.9. The van der Waals surface area contributed by atoms with Crippen LogP contribution >= 0.6 is 23.6 Å². The van der Waals surface area contributed by atoms with Crippen molar-refractivity contribution in [1.82, 2.24) is 9.80 Å². The first-order chi connectivity index (χ1) is 13.6. The summed E-state index contributed by atoms with van der Waals surface area (Å²) in [5.74, 6) is -0.343. The molecule has 0 amide bonds. The molecule has 0 saturated carbocycles. The minimum atomic E-state index is -0.343. The predicted octanol–water partition coefficient (Wildman–Crippen LogP) is 3.87. The van der Waals surface area contributed by atoms with Crippen molar-refractivity contribution in [3.05, 3.63) is 58.5 Å². The fourth-order valence-electron chi connectivity index (χ4n) is 3.08. The molecule has 1 N–H and O–H groups in total. The van der Waals surface area contributed by atoms with Crippen LogP contribution in [0.15, 0.2) is 42.5 Å². The number of benzene rings is 1. The molecule has 1 aliphatic heterocycles. The lowest BCUT2D eigenvalue weighted by Gasteiger charge is -2.35. The Morgan fingerprint density at radius 3 is 2.64 bits per heavy atom. The van der Waals surface area contributed by atoms with Gasteiger partial charge in [-0.25, -0.2) is 4.79 Å². The number of thiocarbonyl (C=S) groups is 1. The normalized spacial score (nSPS) is 15.0. The molecule has 148 valence electrons. The monoisotopic (exact) mass is 415 g/mol. The highest BCUT2D eigenvalue weighted by Gasteiger charge is 2.21. The van der Waals surface area contributed by atoms with Gasteiger partial charge < -0.3 is 15.0 Å². The number of thiophene rings is 1. The number of aryl methyl sites for hydroxylation is 1. The maximum atomic E-state index is 11.9. The molecule has 0 atom stereocenters. The Kier molecular flexibility index (Phi) is 7.19. The maximum Gasteiger partial charge on any atom is 0.340 e. The van der Waals surface area contributed by atoms with Crippen molar-refractivity contribution < 1.29 is 9.53 Å². The zero-order valence-electron chi connectivity index (χ0n) is 16.2. The average molecular weight is 416 g/mol. The number of nitrogens with one attached hydrogen (secondary N) is 1. The highest BCUT2D eigenvalue weighted by molar-refractivity contribution is 7.80. The van der Waals surface area contributed by atoms with Gasteiger partial charge in [0.2, 0.25) is 0 Å². The lowest BCUT2D eigenvalue weighted by atomic mass is 10.2. The van der Waals surface area contributed by atoms with Gasteiger partial charge >= 0.3 is 5.97 Å². The van der Waals surface area contributed by atoms with Crippen LogP contribution in [0.5, 0.6) is 0 Å². The number of hydrogen-bond donors (Lipinski definition) is 1. The SMILES string of the molecule is COC(=O)c1cc(C)sc1NC(=S)N1CCN(CC=Cc2ccccc2)CC1. The first kappa shape index (κ1) is 20.5. The summed E-state index contributed by atoms with van der Waals surface area (Å²) in [4.78, 5) is 17.5. The van der Waals surface area contributed by atoms with E-state index in [2.05, 4.69) is 39.4 Å². The molecule has 28 heavy (non-hydrogen) atoms.